The fourth-order valence-corrected chi connectivity index (χ4v) is 2.25. The molecule has 0 aliphatic heterocycles. The molecule has 2 aromatic carbocycles. The summed E-state index contributed by atoms with van der Waals surface area (Å²) in [4.78, 5) is 0. The molecule has 3 nitrogen and oxygen atoms in total. The summed E-state index contributed by atoms with van der Waals surface area (Å²) in [6, 6.07) is 20.2. The van der Waals surface area contributed by atoms with Gasteiger partial charge in [-0.25, -0.2) is 0 Å². The molecule has 0 aliphatic carbocycles. The molecule has 2 rings (SSSR count). The molecule has 0 saturated carbocycles. The molecule has 0 fully saturated rings. The molecule has 0 amide bonds. The average molecular weight is 255 g/mol. The molecule has 0 aromatic heterocycles. The number of rotatable bonds is 5. The zero-order valence-corrected chi connectivity index (χ0v) is 11.0. The van der Waals surface area contributed by atoms with E-state index in [1.54, 1.807) is 0 Å². The Morgan fingerprint density at radius 1 is 0.737 bits per heavy atom. The summed E-state index contributed by atoms with van der Waals surface area (Å²) in [6.07, 6.45) is 0.772. The quantitative estimate of drug-likeness (QED) is 0.707. The Labute approximate surface area is 114 Å². The lowest BCUT2D eigenvalue weighted by Crippen LogP contribution is -2.62. The highest BCUT2D eigenvalue weighted by Crippen LogP contribution is 2.18. The van der Waals surface area contributed by atoms with Gasteiger partial charge in [0.05, 0.1) is 11.7 Å². The number of benzene rings is 2. The zero-order valence-electron chi connectivity index (χ0n) is 11.0. The summed E-state index contributed by atoms with van der Waals surface area (Å²) in [7, 11) is 0. The highest BCUT2D eigenvalue weighted by atomic mass is 15.0. The molecular weight excluding hydrogens is 234 g/mol. The number of nitrogens with two attached hydrogens (primary N) is 3. The van der Waals surface area contributed by atoms with E-state index < -0.39 is 11.7 Å². The van der Waals surface area contributed by atoms with E-state index in [1.165, 1.54) is 0 Å². The molecule has 0 saturated heterocycles. The van der Waals surface area contributed by atoms with Crippen molar-refractivity contribution >= 4 is 0 Å². The predicted molar refractivity (Wildman–Crippen MR) is 79.4 cm³/mol. The monoisotopic (exact) mass is 255 g/mol. The van der Waals surface area contributed by atoms with Gasteiger partial charge in [0.1, 0.15) is 0 Å². The van der Waals surface area contributed by atoms with Crippen LogP contribution in [-0.2, 0) is 12.8 Å². The van der Waals surface area contributed by atoms with E-state index >= 15 is 0 Å². The molecule has 0 heterocycles. The smallest absolute Gasteiger partial charge is 0.0713 e. The fourth-order valence-electron chi connectivity index (χ4n) is 2.25. The third-order valence-corrected chi connectivity index (χ3v) is 3.42. The molecule has 3 heteroatoms. The van der Waals surface area contributed by atoms with Gasteiger partial charge in [-0.1, -0.05) is 60.7 Å². The van der Waals surface area contributed by atoms with Gasteiger partial charge in [0.15, 0.2) is 0 Å². The van der Waals surface area contributed by atoms with Gasteiger partial charge in [-0.15, -0.1) is 0 Å². The summed E-state index contributed by atoms with van der Waals surface area (Å²) in [6.45, 7) is 0. The fraction of sp³-hybridized carbons (Fsp3) is 0.250. The Bertz CT molecular complexity index is 452. The first-order chi connectivity index (χ1) is 9.10. The van der Waals surface area contributed by atoms with Crippen LogP contribution in [0.3, 0.4) is 0 Å². The Morgan fingerprint density at radius 3 is 1.42 bits per heavy atom. The largest absolute Gasteiger partial charge is 0.322 e. The first-order valence-corrected chi connectivity index (χ1v) is 6.48. The molecule has 2 aromatic rings. The molecule has 0 spiro atoms. The molecule has 0 aliphatic rings. The average Bonchev–Trinajstić information content (AvgIpc) is 2.40. The highest BCUT2D eigenvalue weighted by molar-refractivity contribution is 5.23. The van der Waals surface area contributed by atoms with Crippen molar-refractivity contribution in [2.75, 3.05) is 0 Å². The third kappa shape index (κ3) is 3.64. The van der Waals surface area contributed by atoms with Crippen LogP contribution in [0.2, 0.25) is 0 Å². The highest BCUT2D eigenvalue weighted by Gasteiger charge is 2.30. The van der Waals surface area contributed by atoms with Crippen LogP contribution in [0, 0.1) is 0 Å². The van der Waals surface area contributed by atoms with Crippen molar-refractivity contribution in [3.05, 3.63) is 71.8 Å². The van der Waals surface area contributed by atoms with Crippen molar-refractivity contribution in [3.8, 4) is 0 Å². The Kier molecular flexibility index (Phi) is 4.32. The molecule has 100 valence electrons. The molecule has 6 N–H and O–H groups in total. The lowest BCUT2D eigenvalue weighted by Gasteiger charge is -2.33. The number of hydrogen-bond acceptors (Lipinski definition) is 3. The van der Waals surface area contributed by atoms with Crippen LogP contribution in [0.25, 0.3) is 0 Å². The minimum absolute atomic E-state index is 0.562. The Balaban J connectivity index is 2.18. The molecule has 0 unspecified atom stereocenters. The van der Waals surface area contributed by atoms with Crippen molar-refractivity contribution in [2.45, 2.75) is 24.5 Å². The molecule has 19 heavy (non-hydrogen) atoms. The maximum atomic E-state index is 6.45. The van der Waals surface area contributed by atoms with E-state index in [-0.39, 0.29) is 0 Å². The minimum Gasteiger partial charge on any atom is -0.322 e. The van der Waals surface area contributed by atoms with Gasteiger partial charge in [-0.3, -0.25) is 0 Å². The molecule has 0 atom stereocenters. The normalized spacial score (nSPS) is 11.8. The third-order valence-electron chi connectivity index (χ3n) is 3.42. The van der Waals surface area contributed by atoms with Crippen molar-refractivity contribution < 1.29 is 0 Å². The first kappa shape index (κ1) is 13.7. The summed E-state index contributed by atoms with van der Waals surface area (Å²) in [5, 5.41) is 0. The summed E-state index contributed by atoms with van der Waals surface area (Å²) < 4.78 is 0. The van der Waals surface area contributed by atoms with Crippen molar-refractivity contribution in [1.82, 2.24) is 0 Å². The zero-order chi connectivity index (χ0) is 13.7. The maximum Gasteiger partial charge on any atom is 0.0713 e. The van der Waals surface area contributed by atoms with E-state index in [9.17, 15) is 0 Å². The second-order valence-electron chi connectivity index (χ2n) is 5.08. The standard InChI is InChI=1S/C16H21N3/c17-15(18)16(19,11-13-7-3-1-4-8-13)12-14-9-5-2-6-10-14/h1-10,15H,11-12,17-19H2. The van der Waals surface area contributed by atoms with Gasteiger partial charge in [-0.05, 0) is 24.0 Å². The lowest BCUT2D eigenvalue weighted by molar-refractivity contribution is 0.343. The predicted octanol–water partition coefficient (Wildman–Crippen LogP) is 1.41. The SMILES string of the molecule is NC(N)C(N)(Cc1ccccc1)Cc1ccccc1. The number of hydrogen-bond donors (Lipinski definition) is 3. The van der Waals surface area contributed by atoms with E-state index in [1.807, 2.05) is 36.4 Å². The van der Waals surface area contributed by atoms with Crippen LogP contribution in [0.15, 0.2) is 60.7 Å². The van der Waals surface area contributed by atoms with E-state index in [2.05, 4.69) is 24.3 Å². The first-order valence-electron chi connectivity index (χ1n) is 6.48. The van der Waals surface area contributed by atoms with E-state index in [0.717, 1.165) is 11.1 Å². The maximum absolute atomic E-state index is 6.45. The molecular formula is C16H21N3. The van der Waals surface area contributed by atoms with Crippen molar-refractivity contribution in [2.24, 2.45) is 17.2 Å². The van der Waals surface area contributed by atoms with Crippen molar-refractivity contribution in [1.29, 1.82) is 0 Å². The Morgan fingerprint density at radius 2 is 1.11 bits per heavy atom. The Hall–Kier alpha value is -1.68. The van der Waals surface area contributed by atoms with Crippen LogP contribution in [0.1, 0.15) is 11.1 Å². The van der Waals surface area contributed by atoms with E-state index in [4.69, 9.17) is 17.2 Å². The summed E-state index contributed by atoms with van der Waals surface area (Å²) >= 11 is 0. The van der Waals surface area contributed by atoms with Crippen LogP contribution < -0.4 is 17.2 Å². The van der Waals surface area contributed by atoms with Crippen molar-refractivity contribution in [3.63, 3.8) is 0 Å². The summed E-state index contributed by atoms with van der Waals surface area (Å²) in [5.41, 5.74) is 20.0. The van der Waals surface area contributed by atoms with E-state index in [0.29, 0.717) is 12.8 Å². The second kappa shape index (κ2) is 5.97. The van der Waals surface area contributed by atoms with Gasteiger partial charge in [-0.2, -0.15) is 0 Å². The summed E-state index contributed by atoms with van der Waals surface area (Å²) in [5.74, 6) is 0. The minimum atomic E-state index is -0.636. The van der Waals surface area contributed by atoms with Gasteiger partial charge in [0, 0.05) is 0 Å². The molecule has 0 bridgehead atoms. The topological polar surface area (TPSA) is 78.1 Å². The van der Waals surface area contributed by atoms with Crippen LogP contribution in [0.4, 0.5) is 0 Å². The van der Waals surface area contributed by atoms with Crippen LogP contribution >= 0.6 is 0 Å². The van der Waals surface area contributed by atoms with Crippen LogP contribution in [0.5, 0.6) is 0 Å². The van der Waals surface area contributed by atoms with Crippen LogP contribution in [-0.4, -0.2) is 11.7 Å². The van der Waals surface area contributed by atoms with Gasteiger partial charge in [0.2, 0.25) is 0 Å². The molecule has 0 radical (unpaired) electrons. The lowest BCUT2D eigenvalue weighted by atomic mass is 9.83. The van der Waals surface area contributed by atoms with Gasteiger partial charge < -0.3 is 17.2 Å². The second-order valence-corrected chi connectivity index (χ2v) is 5.08. The van der Waals surface area contributed by atoms with Gasteiger partial charge >= 0.3 is 0 Å². The van der Waals surface area contributed by atoms with Gasteiger partial charge in [0.25, 0.3) is 0 Å².